The molecule has 126 valence electrons. The van der Waals surface area contributed by atoms with Gasteiger partial charge >= 0.3 is 0 Å². The molecule has 1 unspecified atom stereocenters. The Labute approximate surface area is 143 Å². The van der Waals surface area contributed by atoms with Gasteiger partial charge in [-0.05, 0) is 24.6 Å². The van der Waals surface area contributed by atoms with Gasteiger partial charge in [-0.15, -0.1) is 0 Å². The summed E-state index contributed by atoms with van der Waals surface area (Å²) in [6.07, 6.45) is 4.50. The van der Waals surface area contributed by atoms with E-state index in [1.54, 1.807) is 12.5 Å². The van der Waals surface area contributed by atoms with Gasteiger partial charge in [0.1, 0.15) is 5.52 Å². The van der Waals surface area contributed by atoms with Crippen LogP contribution in [0.15, 0.2) is 41.1 Å². The Kier molecular flexibility index (Phi) is 3.10. The average Bonchev–Trinajstić information content (AvgIpc) is 3.22. The van der Waals surface area contributed by atoms with E-state index in [4.69, 9.17) is 10.2 Å². The Balaban J connectivity index is 1.54. The van der Waals surface area contributed by atoms with E-state index in [9.17, 15) is 0 Å². The molecule has 8 nitrogen and oxygen atoms in total. The van der Waals surface area contributed by atoms with E-state index in [-0.39, 0.29) is 0 Å². The maximum absolute atomic E-state index is 5.84. The highest BCUT2D eigenvalue weighted by Crippen LogP contribution is 2.32. The van der Waals surface area contributed by atoms with Crippen molar-refractivity contribution in [3.05, 3.63) is 36.7 Å². The number of fused-ring (bicyclic) bond motifs is 2. The quantitative estimate of drug-likeness (QED) is 0.525. The summed E-state index contributed by atoms with van der Waals surface area (Å²) in [6, 6.07) is 8.11. The topological polar surface area (TPSA) is 109 Å². The fourth-order valence-electron chi connectivity index (χ4n) is 3.21. The van der Waals surface area contributed by atoms with Crippen LogP contribution in [0.25, 0.3) is 22.0 Å². The molecule has 0 spiro atoms. The fraction of sp³-hybridized carbons (Fsp3) is 0.235. The monoisotopic (exact) mass is 335 g/mol. The standard InChI is InChI=1S/C17H17N7O/c18-8-12-3-5-24(12)16-15-13(4-6-25-15)21-17(22-16)20-11-2-1-10-9-19-23-14(10)7-11/h1-2,4,6-7,9,12H,3,5,8,18H2,(H,19,23)(H,20,21,22). The maximum atomic E-state index is 5.84. The van der Waals surface area contributed by atoms with Gasteiger partial charge in [-0.1, -0.05) is 0 Å². The highest BCUT2D eigenvalue weighted by molar-refractivity contribution is 5.87. The number of nitrogens with one attached hydrogen (secondary N) is 2. The van der Waals surface area contributed by atoms with E-state index in [1.807, 2.05) is 24.3 Å². The average molecular weight is 335 g/mol. The van der Waals surface area contributed by atoms with Crippen LogP contribution < -0.4 is 16.0 Å². The van der Waals surface area contributed by atoms with Crippen LogP contribution >= 0.6 is 0 Å². The molecule has 0 amide bonds. The second-order valence-corrected chi connectivity index (χ2v) is 6.17. The largest absolute Gasteiger partial charge is 0.459 e. The number of nitrogens with two attached hydrogens (primary N) is 1. The molecule has 4 aromatic rings. The molecule has 4 N–H and O–H groups in total. The Morgan fingerprint density at radius 1 is 1.32 bits per heavy atom. The molecule has 1 saturated heterocycles. The van der Waals surface area contributed by atoms with Gasteiger partial charge in [-0.3, -0.25) is 5.10 Å². The molecule has 1 aromatic carbocycles. The van der Waals surface area contributed by atoms with E-state index >= 15 is 0 Å². The van der Waals surface area contributed by atoms with Crippen molar-refractivity contribution in [1.82, 2.24) is 20.2 Å². The minimum Gasteiger partial charge on any atom is -0.459 e. The van der Waals surface area contributed by atoms with E-state index in [0.29, 0.717) is 24.1 Å². The summed E-state index contributed by atoms with van der Waals surface area (Å²) in [5.41, 5.74) is 9.17. The predicted octanol–water partition coefficient (Wildman–Crippen LogP) is 2.38. The molecule has 1 aliphatic heterocycles. The molecule has 4 heterocycles. The Morgan fingerprint density at radius 3 is 3.12 bits per heavy atom. The number of hydrogen-bond acceptors (Lipinski definition) is 7. The molecule has 8 heteroatoms. The Bertz CT molecular complexity index is 1050. The van der Waals surface area contributed by atoms with Gasteiger partial charge < -0.3 is 20.4 Å². The fourth-order valence-corrected chi connectivity index (χ4v) is 3.21. The Morgan fingerprint density at radius 2 is 2.28 bits per heavy atom. The molecule has 0 radical (unpaired) electrons. The normalized spacial score (nSPS) is 17.2. The van der Waals surface area contributed by atoms with Crippen molar-refractivity contribution in [3.8, 4) is 0 Å². The van der Waals surface area contributed by atoms with Gasteiger partial charge in [0.25, 0.3) is 0 Å². The van der Waals surface area contributed by atoms with Crippen LogP contribution in [0, 0.1) is 0 Å². The molecule has 1 aliphatic rings. The van der Waals surface area contributed by atoms with Gasteiger partial charge in [-0.2, -0.15) is 10.1 Å². The van der Waals surface area contributed by atoms with Crippen LogP contribution in [-0.2, 0) is 0 Å². The number of anilines is 3. The molecule has 1 fully saturated rings. The molecule has 3 aromatic heterocycles. The first-order valence-corrected chi connectivity index (χ1v) is 8.24. The Hall–Kier alpha value is -3.13. The van der Waals surface area contributed by atoms with Gasteiger partial charge in [-0.25, -0.2) is 4.98 Å². The number of hydrogen-bond donors (Lipinski definition) is 3. The molecule has 5 rings (SSSR count). The zero-order valence-corrected chi connectivity index (χ0v) is 13.4. The first-order valence-electron chi connectivity index (χ1n) is 8.24. The van der Waals surface area contributed by atoms with E-state index in [1.165, 1.54) is 0 Å². The van der Waals surface area contributed by atoms with E-state index < -0.39 is 0 Å². The molecule has 0 bridgehead atoms. The van der Waals surface area contributed by atoms with E-state index in [2.05, 4.69) is 30.4 Å². The van der Waals surface area contributed by atoms with Crippen molar-refractivity contribution in [2.45, 2.75) is 12.5 Å². The van der Waals surface area contributed by atoms with Crippen molar-refractivity contribution in [3.63, 3.8) is 0 Å². The summed E-state index contributed by atoms with van der Waals surface area (Å²) < 4.78 is 5.60. The molecule has 0 aliphatic carbocycles. The van der Waals surface area contributed by atoms with Crippen LogP contribution in [-0.4, -0.2) is 39.3 Å². The third kappa shape index (κ3) is 2.30. The van der Waals surface area contributed by atoms with Gasteiger partial charge in [0.15, 0.2) is 11.4 Å². The van der Waals surface area contributed by atoms with Crippen molar-refractivity contribution >= 4 is 39.5 Å². The van der Waals surface area contributed by atoms with Gasteiger partial charge in [0.05, 0.1) is 18.0 Å². The molecule has 25 heavy (non-hydrogen) atoms. The summed E-state index contributed by atoms with van der Waals surface area (Å²) in [5, 5.41) is 11.3. The lowest BCUT2D eigenvalue weighted by Gasteiger charge is -2.41. The second-order valence-electron chi connectivity index (χ2n) is 6.17. The van der Waals surface area contributed by atoms with Gasteiger partial charge in [0.2, 0.25) is 5.95 Å². The maximum Gasteiger partial charge on any atom is 0.229 e. The number of H-pyrrole nitrogens is 1. The zero-order valence-electron chi connectivity index (χ0n) is 13.4. The number of rotatable bonds is 4. The molecule has 0 saturated carbocycles. The SMILES string of the molecule is NCC1CCN1c1nc(Nc2ccc3cn[nH]c3c2)nc2ccoc12. The number of aromatic amines is 1. The lowest BCUT2D eigenvalue weighted by molar-refractivity contribution is 0.450. The third-order valence-corrected chi connectivity index (χ3v) is 4.67. The second kappa shape index (κ2) is 5.45. The summed E-state index contributed by atoms with van der Waals surface area (Å²) in [6.45, 7) is 1.53. The molecular weight excluding hydrogens is 318 g/mol. The summed E-state index contributed by atoms with van der Waals surface area (Å²) in [5.74, 6) is 1.33. The van der Waals surface area contributed by atoms with Crippen LogP contribution in [0.1, 0.15) is 6.42 Å². The minimum atomic E-state index is 0.303. The molecular formula is C17H17N7O. The highest BCUT2D eigenvalue weighted by atomic mass is 16.3. The van der Waals surface area contributed by atoms with Crippen LogP contribution in [0.4, 0.5) is 17.5 Å². The van der Waals surface area contributed by atoms with E-state index in [0.717, 1.165) is 40.9 Å². The van der Waals surface area contributed by atoms with Crippen molar-refractivity contribution in [1.29, 1.82) is 0 Å². The van der Waals surface area contributed by atoms with Crippen LogP contribution in [0.3, 0.4) is 0 Å². The lowest BCUT2D eigenvalue weighted by Crippen LogP contribution is -2.52. The van der Waals surface area contributed by atoms with Crippen molar-refractivity contribution in [2.75, 3.05) is 23.3 Å². The number of nitrogens with zero attached hydrogens (tertiary/aromatic N) is 4. The van der Waals surface area contributed by atoms with Gasteiger partial charge in [0, 0.05) is 36.3 Å². The summed E-state index contributed by atoms with van der Waals surface area (Å²) in [7, 11) is 0. The first-order chi connectivity index (χ1) is 12.3. The zero-order chi connectivity index (χ0) is 16.8. The third-order valence-electron chi connectivity index (χ3n) is 4.67. The number of furan rings is 1. The van der Waals surface area contributed by atoms with Crippen LogP contribution in [0.5, 0.6) is 0 Å². The predicted molar refractivity (Wildman–Crippen MR) is 96.0 cm³/mol. The summed E-state index contributed by atoms with van der Waals surface area (Å²) in [4.78, 5) is 11.4. The number of benzene rings is 1. The summed E-state index contributed by atoms with van der Waals surface area (Å²) >= 11 is 0. The molecule has 1 atom stereocenters. The minimum absolute atomic E-state index is 0.303. The number of aromatic nitrogens is 4. The first kappa shape index (κ1) is 14.2. The smallest absolute Gasteiger partial charge is 0.229 e. The van der Waals surface area contributed by atoms with Crippen LogP contribution in [0.2, 0.25) is 0 Å². The van der Waals surface area contributed by atoms with Crippen molar-refractivity contribution in [2.24, 2.45) is 5.73 Å². The highest BCUT2D eigenvalue weighted by Gasteiger charge is 2.30. The van der Waals surface area contributed by atoms with Crippen molar-refractivity contribution < 1.29 is 4.42 Å². The lowest BCUT2D eigenvalue weighted by atomic mass is 10.0.